The van der Waals surface area contributed by atoms with Gasteiger partial charge in [-0.25, -0.2) is 4.39 Å². The predicted molar refractivity (Wildman–Crippen MR) is 92.9 cm³/mol. The Labute approximate surface area is 142 Å². The second-order valence-electron chi connectivity index (χ2n) is 5.36. The maximum atomic E-state index is 13.5. The fourth-order valence-electron chi connectivity index (χ4n) is 2.31. The summed E-state index contributed by atoms with van der Waals surface area (Å²) in [4.78, 5) is 12.1. The van der Waals surface area contributed by atoms with Crippen molar-refractivity contribution in [2.75, 3.05) is 6.54 Å². The van der Waals surface area contributed by atoms with Crippen LogP contribution in [0.25, 0.3) is 0 Å². The quantitative estimate of drug-likeness (QED) is 0.850. The van der Waals surface area contributed by atoms with Crippen LogP contribution in [0.1, 0.15) is 24.1 Å². The van der Waals surface area contributed by atoms with E-state index in [9.17, 15) is 9.18 Å². The molecule has 3 N–H and O–H groups in total. The molecule has 0 saturated heterocycles. The first-order valence-electron chi connectivity index (χ1n) is 7.41. The molecule has 3 nitrogen and oxygen atoms in total. The van der Waals surface area contributed by atoms with Crippen molar-refractivity contribution in [2.45, 2.75) is 19.4 Å². The number of nitrogens with two attached hydrogens (primary N) is 1. The molecule has 0 aliphatic carbocycles. The first-order valence-corrected chi connectivity index (χ1v) is 7.41. The van der Waals surface area contributed by atoms with Crippen LogP contribution >= 0.6 is 12.4 Å². The van der Waals surface area contributed by atoms with Crippen LogP contribution in [-0.4, -0.2) is 12.5 Å². The van der Waals surface area contributed by atoms with Crippen LogP contribution in [-0.2, 0) is 11.2 Å². The molecule has 124 valence electrons. The molecule has 0 aliphatic rings. The van der Waals surface area contributed by atoms with E-state index in [1.807, 2.05) is 30.3 Å². The number of carbonyl (C=O) groups is 1. The summed E-state index contributed by atoms with van der Waals surface area (Å²) < 4.78 is 13.5. The SMILES string of the molecule is CC(C(=O)NCCc1ccccc1F)C(N)c1ccccc1.Cl. The largest absolute Gasteiger partial charge is 0.355 e. The second kappa shape index (κ2) is 9.28. The van der Waals surface area contributed by atoms with Crippen molar-refractivity contribution in [1.29, 1.82) is 0 Å². The van der Waals surface area contributed by atoms with Gasteiger partial charge in [0.05, 0.1) is 5.92 Å². The fraction of sp³-hybridized carbons (Fsp3) is 0.278. The molecule has 0 bridgehead atoms. The third-order valence-corrected chi connectivity index (χ3v) is 3.79. The summed E-state index contributed by atoms with van der Waals surface area (Å²) in [5.74, 6) is -0.707. The van der Waals surface area contributed by atoms with E-state index in [1.165, 1.54) is 6.07 Å². The van der Waals surface area contributed by atoms with E-state index in [0.29, 0.717) is 18.5 Å². The topological polar surface area (TPSA) is 55.1 Å². The Hall–Kier alpha value is -1.91. The number of hydrogen-bond acceptors (Lipinski definition) is 2. The first kappa shape index (κ1) is 19.1. The van der Waals surface area contributed by atoms with Crippen LogP contribution in [0.5, 0.6) is 0 Å². The zero-order chi connectivity index (χ0) is 15.9. The van der Waals surface area contributed by atoms with E-state index >= 15 is 0 Å². The highest BCUT2D eigenvalue weighted by Gasteiger charge is 2.21. The fourth-order valence-corrected chi connectivity index (χ4v) is 2.31. The van der Waals surface area contributed by atoms with Gasteiger partial charge in [0, 0.05) is 12.6 Å². The maximum absolute atomic E-state index is 13.5. The molecule has 2 aromatic rings. The number of halogens is 2. The lowest BCUT2D eigenvalue weighted by atomic mass is 9.94. The summed E-state index contributed by atoms with van der Waals surface area (Å²) in [6.07, 6.45) is 0.464. The van der Waals surface area contributed by atoms with Gasteiger partial charge in [0.2, 0.25) is 5.91 Å². The third-order valence-electron chi connectivity index (χ3n) is 3.79. The van der Waals surface area contributed by atoms with Gasteiger partial charge in [-0.3, -0.25) is 4.79 Å². The van der Waals surface area contributed by atoms with Gasteiger partial charge in [-0.2, -0.15) is 0 Å². The molecule has 0 radical (unpaired) electrons. The second-order valence-corrected chi connectivity index (χ2v) is 5.36. The van der Waals surface area contributed by atoms with Gasteiger partial charge < -0.3 is 11.1 Å². The molecule has 0 spiro atoms. The highest BCUT2D eigenvalue weighted by Crippen LogP contribution is 2.19. The van der Waals surface area contributed by atoms with Crippen LogP contribution in [0.4, 0.5) is 4.39 Å². The number of amides is 1. The lowest BCUT2D eigenvalue weighted by molar-refractivity contribution is -0.125. The van der Waals surface area contributed by atoms with Crippen LogP contribution < -0.4 is 11.1 Å². The Morgan fingerprint density at radius 3 is 2.39 bits per heavy atom. The lowest BCUT2D eigenvalue weighted by Crippen LogP contribution is -2.36. The molecule has 0 heterocycles. The van der Waals surface area contributed by atoms with Crippen molar-refractivity contribution in [3.63, 3.8) is 0 Å². The first-order chi connectivity index (χ1) is 10.6. The standard InChI is InChI=1S/C18H21FN2O.ClH/c1-13(17(20)15-8-3-2-4-9-15)18(22)21-12-11-14-7-5-6-10-16(14)19;/h2-10,13,17H,11-12,20H2,1H3,(H,21,22);1H. The van der Waals surface area contributed by atoms with Gasteiger partial charge in [0.1, 0.15) is 5.82 Å². The molecular formula is C18H22ClFN2O. The predicted octanol–water partition coefficient (Wildman–Crippen LogP) is 3.24. The van der Waals surface area contributed by atoms with Crippen molar-refractivity contribution in [2.24, 2.45) is 11.7 Å². The Bertz CT molecular complexity index is 621. The molecule has 0 aliphatic heterocycles. The normalized spacial score (nSPS) is 12.8. The molecule has 2 rings (SSSR count). The zero-order valence-corrected chi connectivity index (χ0v) is 13.9. The minimum Gasteiger partial charge on any atom is -0.355 e. The monoisotopic (exact) mass is 336 g/mol. The highest BCUT2D eigenvalue weighted by atomic mass is 35.5. The van der Waals surface area contributed by atoms with Gasteiger partial charge >= 0.3 is 0 Å². The van der Waals surface area contributed by atoms with E-state index in [4.69, 9.17) is 5.73 Å². The van der Waals surface area contributed by atoms with Crippen molar-refractivity contribution in [3.05, 3.63) is 71.5 Å². The minimum atomic E-state index is -0.352. The van der Waals surface area contributed by atoms with Crippen molar-refractivity contribution < 1.29 is 9.18 Å². The van der Waals surface area contributed by atoms with E-state index in [0.717, 1.165) is 5.56 Å². The van der Waals surface area contributed by atoms with E-state index in [-0.39, 0.29) is 36.1 Å². The van der Waals surface area contributed by atoms with Gasteiger partial charge in [-0.1, -0.05) is 55.5 Å². The van der Waals surface area contributed by atoms with Gasteiger partial charge in [0.25, 0.3) is 0 Å². The number of nitrogens with one attached hydrogen (secondary N) is 1. The van der Waals surface area contributed by atoms with E-state index in [2.05, 4.69) is 5.32 Å². The Kier molecular flexibility index (Phi) is 7.72. The smallest absolute Gasteiger partial charge is 0.224 e. The molecule has 5 heteroatoms. The Morgan fingerprint density at radius 2 is 1.74 bits per heavy atom. The number of hydrogen-bond donors (Lipinski definition) is 2. The summed E-state index contributed by atoms with van der Waals surface area (Å²) in [7, 11) is 0. The zero-order valence-electron chi connectivity index (χ0n) is 13.0. The Morgan fingerprint density at radius 1 is 1.13 bits per heavy atom. The number of rotatable bonds is 6. The minimum absolute atomic E-state index is 0. The average Bonchev–Trinajstić information content (AvgIpc) is 2.56. The van der Waals surface area contributed by atoms with Crippen molar-refractivity contribution >= 4 is 18.3 Å². The maximum Gasteiger partial charge on any atom is 0.224 e. The summed E-state index contributed by atoms with van der Waals surface area (Å²) in [6.45, 7) is 2.20. The molecule has 2 atom stereocenters. The van der Waals surface area contributed by atoms with Gasteiger partial charge in [-0.15, -0.1) is 12.4 Å². The van der Waals surface area contributed by atoms with Crippen molar-refractivity contribution in [1.82, 2.24) is 5.32 Å². The van der Waals surface area contributed by atoms with E-state index < -0.39 is 0 Å². The molecule has 23 heavy (non-hydrogen) atoms. The average molecular weight is 337 g/mol. The molecule has 0 fully saturated rings. The van der Waals surface area contributed by atoms with E-state index in [1.54, 1.807) is 25.1 Å². The summed E-state index contributed by atoms with van der Waals surface area (Å²) in [6, 6.07) is 15.8. The molecule has 2 aromatic carbocycles. The van der Waals surface area contributed by atoms with Crippen LogP contribution in [0.2, 0.25) is 0 Å². The number of carbonyl (C=O) groups excluding carboxylic acids is 1. The molecule has 2 unspecified atom stereocenters. The summed E-state index contributed by atoms with van der Waals surface area (Å²) in [5.41, 5.74) is 7.66. The number of benzene rings is 2. The Balaban J connectivity index is 0.00000264. The van der Waals surface area contributed by atoms with Crippen LogP contribution in [0.3, 0.4) is 0 Å². The van der Waals surface area contributed by atoms with Crippen LogP contribution in [0.15, 0.2) is 54.6 Å². The lowest BCUT2D eigenvalue weighted by Gasteiger charge is -2.19. The van der Waals surface area contributed by atoms with Gasteiger partial charge in [-0.05, 0) is 23.6 Å². The third kappa shape index (κ3) is 5.34. The summed E-state index contributed by atoms with van der Waals surface area (Å²) >= 11 is 0. The van der Waals surface area contributed by atoms with Gasteiger partial charge in [0.15, 0.2) is 0 Å². The highest BCUT2D eigenvalue weighted by molar-refractivity contribution is 5.85. The molecule has 1 amide bonds. The molecule has 0 saturated carbocycles. The summed E-state index contributed by atoms with van der Waals surface area (Å²) in [5, 5.41) is 2.82. The van der Waals surface area contributed by atoms with Crippen molar-refractivity contribution in [3.8, 4) is 0 Å². The van der Waals surface area contributed by atoms with Crippen LogP contribution in [0, 0.1) is 11.7 Å². The molecular weight excluding hydrogens is 315 g/mol. The molecule has 0 aromatic heterocycles.